The third-order valence-electron chi connectivity index (χ3n) is 4.36. The van der Waals surface area contributed by atoms with Gasteiger partial charge in [-0.05, 0) is 30.4 Å². The Morgan fingerprint density at radius 1 is 1.30 bits per heavy atom. The normalized spacial score (nSPS) is 17.4. The second-order valence-corrected chi connectivity index (χ2v) is 9.30. The monoisotopic (exact) mass is 352 g/mol. The minimum atomic E-state index is -3.50. The number of sulfonamides is 1. The van der Waals surface area contributed by atoms with Crippen LogP contribution in [0.2, 0.25) is 0 Å². The van der Waals surface area contributed by atoms with E-state index in [1.165, 1.54) is 0 Å². The summed E-state index contributed by atoms with van der Waals surface area (Å²) in [6.07, 6.45) is 6.05. The Morgan fingerprint density at radius 2 is 2.00 bits per heavy atom. The van der Waals surface area contributed by atoms with Gasteiger partial charge in [0.05, 0.1) is 21.5 Å². The zero-order valence-electron chi connectivity index (χ0n) is 13.0. The van der Waals surface area contributed by atoms with Crippen LogP contribution in [0.5, 0.6) is 0 Å². The molecule has 2 aromatic rings. The van der Waals surface area contributed by atoms with E-state index in [9.17, 15) is 13.2 Å². The Hall–Kier alpha value is -1.47. The standard InChI is InChI=1S/C16H20N2O3S2/c1-23(20,21)18-14(19)10-16(8-4-5-9-16)11-15-17-12-6-2-3-7-13(12)22-15/h2-3,6-7H,4-5,8-11H2,1H3,(H,18,19). The summed E-state index contributed by atoms with van der Waals surface area (Å²) in [5, 5.41) is 1.03. The molecule has 0 radical (unpaired) electrons. The van der Waals surface area contributed by atoms with Crippen molar-refractivity contribution in [2.45, 2.75) is 38.5 Å². The molecule has 1 N–H and O–H groups in total. The highest BCUT2D eigenvalue weighted by atomic mass is 32.2. The van der Waals surface area contributed by atoms with E-state index in [0.717, 1.165) is 53.6 Å². The van der Waals surface area contributed by atoms with Gasteiger partial charge in [-0.2, -0.15) is 0 Å². The van der Waals surface area contributed by atoms with Gasteiger partial charge in [-0.1, -0.05) is 25.0 Å². The van der Waals surface area contributed by atoms with Gasteiger partial charge in [0.15, 0.2) is 0 Å². The maximum atomic E-state index is 12.1. The second kappa shape index (κ2) is 6.20. The van der Waals surface area contributed by atoms with Crippen molar-refractivity contribution in [1.82, 2.24) is 9.71 Å². The second-order valence-electron chi connectivity index (χ2n) is 6.43. The molecule has 0 atom stereocenters. The van der Waals surface area contributed by atoms with Gasteiger partial charge in [-0.15, -0.1) is 11.3 Å². The van der Waals surface area contributed by atoms with Crippen molar-refractivity contribution in [2.24, 2.45) is 5.41 Å². The summed E-state index contributed by atoms with van der Waals surface area (Å²) in [5.41, 5.74) is 0.823. The van der Waals surface area contributed by atoms with E-state index < -0.39 is 15.9 Å². The van der Waals surface area contributed by atoms with E-state index in [-0.39, 0.29) is 11.8 Å². The summed E-state index contributed by atoms with van der Waals surface area (Å²) in [7, 11) is -3.50. The third kappa shape index (κ3) is 4.09. The molecule has 7 heteroatoms. The maximum absolute atomic E-state index is 12.1. The topological polar surface area (TPSA) is 76.1 Å². The third-order valence-corrected chi connectivity index (χ3v) is 6.00. The lowest BCUT2D eigenvalue weighted by Gasteiger charge is -2.27. The summed E-state index contributed by atoms with van der Waals surface area (Å²) in [6.45, 7) is 0. The molecule has 1 aliphatic rings. The van der Waals surface area contributed by atoms with Gasteiger partial charge in [0.1, 0.15) is 0 Å². The van der Waals surface area contributed by atoms with Gasteiger partial charge in [-0.25, -0.2) is 13.4 Å². The minimum Gasteiger partial charge on any atom is -0.274 e. The van der Waals surface area contributed by atoms with E-state index in [1.54, 1.807) is 11.3 Å². The number of nitrogens with one attached hydrogen (secondary N) is 1. The zero-order chi connectivity index (χ0) is 16.5. The molecule has 1 amide bonds. The van der Waals surface area contributed by atoms with Crippen molar-refractivity contribution >= 4 is 37.5 Å². The molecule has 124 valence electrons. The van der Waals surface area contributed by atoms with Crippen LogP contribution in [0.25, 0.3) is 10.2 Å². The van der Waals surface area contributed by atoms with Gasteiger partial charge in [0, 0.05) is 12.8 Å². The number of hydrogen-bond acceptors (Lipinski definition) is 5. The highest BCUT2D eigenvalue weighted by Gasteiger charge is 2.37. The Morgan fingerprint density at radius 3 is 2.65 bits per heavy atom. The summed E-state index contributed by atoms with van der Waals surface area (Å²) in [5.74, 6) is -0.407. The van der Waals surface area contributed by atoms with Gasteiger partial charge >= 0.3 is 0 Å². The zero-order valence-corrected chi connectivity index (χ0v) is 14.7. The number of nitrogens with zero attached hydrogens (tertiary/aromatic N) is 1. The van der Waals surface area contributed by atoms with Crippen molar-refractivity contribution in [2.75, 3.05) is 6.26 Å². The number of carbonyl (C=O) groups excluding carboxylic acids is 1. The minimum absolute atomic E-state index is 0.164. The van der Waals surface area contributed by atoms with Gasteiger partial charge in [0.25, 0.3) is 0 Å². The van der Waals surface area contributed by atoms with Crippen LogP contribution >= 0.6 is 11.3 Å². The van der Waals surface area contributed by atoms with Crippen molar-refractivity contribution in [3.63, 3.8) is 0 Å². The number of fused-ring (bicyclic) bond motifs is 1. The Kier molecular flexibility index (Phi) is 4.42. The molecule has 1 aliphatic carbocycles. The van der Waals surface area contributed by atoms with Gasteiger partial charge < -0.3 is 0 Å². The molecule has 1 saturated carbocycles. The van der Waals surface area contributed by atoms with Crippen molar-refractivity contribution in [1.29, 1.82) is 0 Å². The van der Waals surface area contributed by atoms with Crippen LogP contribution in [-0.2, 0) is 21.2 Å². The first-order valence-electron chi connectivity index (χ1n) is 7.70. The quantitative estimate of drug-likeness (QED) is 0.898. The molecule has 0 bridgehead atoms. The summed E-state index contributed by atoms with van der Waals surface area (Å²) in [4.78, 5) is 16.7. The molecule has 1 aromatic heterocycles. The van der Waals surface area contributed by atoms with Gasteiger partial charge in [0.2, 0.25) is 15.9 Å². The van der Waals surface area contributed by atoms with E-state index in [4.69, 9.17) is 0 Å². The number of aromatic nitrogens is 1. The van der Waals surface area contributed by atoms with E-state index in [1.807, 2.05) is 24.3 Å². The fourth-order valence-electron chi connectivity index (χ4n) is 3.44. The number of rotatable bonds is 5. The summed E-state index contributed by atoms with van der Waals surface area (Å²) >= 11 is 1.66. The predicted octanol–water partition coefficient (Wildman–Crippen LogP) is 2.87. The molecular weight excluding hydrogens is 332 g/mol. The molecule has 0 saturated heterocycles. The van der Waals surface area contributed by atoms with Crippen LogP contribution < -0.4 is 4.72 Å². The first-order valence-corrected chi connectivity index (χ1v) is 10.4. The molecule has 1 aromatic carbocycles. The summed E-state index contributed by atoms with van der Waals surface area (Å²) < 4.78 is 25.8. The lowest BCUT2D eigenvalue weighted by atomic mass is 9.79. The molecule has 5 nitrogen and oxygen atoms in total. The van der Waals surface area contributed by atoms with Crippen LogP contribution in [0.15, 0.2) is 24.3 Å². The van der Waals surface area contributed by atoms with E-state index in [0.29, 0.717) is 0 Å². The molecule has 0 aliphatic heterocycles. The van der Waals surface area contributed by atoms with E-state index in [2.05, 4.69) is 9.71 Å². The Bertz CT molecular complexity index is 788. The fourth-order valence-corrected chi connectivity index (χ4v) is 5.07. The van der Waals surface area contributed by atoms with Crippen LogP contribution in [-0.4, -0.2) is 25.6 Å². The van der Waals surface area contributed by atoms with Crippen LogP contribution in [0.4, 0.5) is 0 Å². The number of para-hydroxylation sites is 1. The van der Waals surface area contributed by atoms with Crippen molar-refractivity contribution < 1.29 is 13.2 Å². The average molecular weight is 352 g/mol. The molecular formula is C16H20N2O3S2. The highest BCUT2D eigenvalue weighted by Crippen LogP contribution is 2.44. The lowest BCUT2D eigenvalue weighted by Crippen LogP contribution is -2.34. The first kappa shape index (κ1) is 16.4. The van der Waals surface area contributed by atoms with Crippen molar-refractivity contribution in [3.8, 4) is 0 Å². The van der Waals surface area contributed by atoms with Crippen LogP contribution in [0, 0.1) is 5.41 Å². The molecule has 0 spiro atoms. The average Bonchev–Trinajstić information content (AvgIpc) is 3.02. The molecule has 0 unspecified atom stereocenters. The number of carbonyl (C=O) groups is 1. The maximum Gasteiger partial charge on any atom is 0.233 e. The van der Waals surface area contributed by atoms with Crippen LogP contribution in [0.1, 0.15) is 37.1 Å². The van der Waals surface area contributed by atoms with Crippen LogP contribution in [0.3, 0.4) is 0 Å². The molecule has 1 fully saturated rings. The Balaban J connectivity index is 1.79. The number of benzene rings is 1. The number of hydrogen-bond donors (Lipinski definition) is 1. The molecule has 3 rings (SSSR count). The molecule has 1 heterocycles. The molecule has 23 heavy (non-hydrogen) atoms. The van der Waals surface area contributed by atoms with E-state index >= 15 is 0 Å². The van der Waals surface area contributed by atoms with Crippen molar-refractivity contribution in [3.05, 3.63) is 29.3 Å². The highest BCUT2D eigenvalue weighted by molar-refractivity contribution is 7.89. The van der Waals surface area contributed by atoms with Gasteiger partial charge in [-0.3, -0.25) is 9.52 Å². The Labute approximate surface area is 140 Å². The SMILES string of the molecule is CS(=O)(=O)NC(=O)CC1(Cc2nc3ccccc3s2)CCCC1. The summed E-state index contributed by atoms with van der Waals surface area (Å²) in [6, 6.07) is 8.01. The largest absolute Gasteiger partial charge is 0.274 e. The predicted molar refractivity (Wildman–Crippen MR) is 91.8 cm³/mol. The fraction of sp³-hybridized carbons (Fsp3) is 0.500. The lowest BCUT2D eigenvalue weighted by molar-refractivity contribution is -0.121. The number of thiazole rings is 1. The smallest absolute Gasteiger partial charge is 0.233 e. The number of amides is 1. The first-order chi connectivity index (χ1) is 10.9.